The van der Waals surface area contributed by atoms with Crippen LogP contribution in [0, 0.1) is 6.92 Å². The Morgan fingerprint density at radius 3 is 2.72 bits per heavy atom. The van der Waals surface area contributed by atoms with Gasteiger partial charge in [-0.15, -0.1) is 0 Å². The average molecular weight is 388 g/mol. The van der Waals surface area contributed by atoms with Crippen molar-refractivity contribution in [1.82, 2.24) is 0 Å². The molecule has 5 nitrogen and oxygen atoms in total. The van der Waals surface area contributed by atoms with Crippen molar-refractivity contribution in [3.05, 3.63) is 88.3 Å². The zero-order valence-corrected chi connectivity index (χ0v) is 16.0. The summed E-state index contributed by atoms with van der Waals surface area (Å²) in [7, 11) is 0. The fourth-order valence-corrected chi connectivity index (χ4v) is 3.32. The van der Waals surface area contributed by atoms with Gasteiger partial charge in [-0.3, -0.25) is 4.79 Å². The first-order valence-corrected chi connectivity index (χ1v) is 9.40. The first kappa shape index (κ1) is 18.7. The fraction of sp³-hybridized carbons (Fsp3) is 0.167. The van der Waals surface area contributed by atoms with E-state index in [1.54, 1.807) is 6.07 Å². The summed E-state index contributed by atoms with van der Waals surface area (Å²) in [5.74, 6) is 0.329. The lowest BCUT2D eigenvalue weighted by Crippen LogP contribution is -2.11. The predicted molar refractivity (Wildman–Crippen MR) is 111 cm³/mol. The highest BCUT2D eigenvalue weighted by molar-refractivity contribution is 6.07. The summed E-state index contributed by atoms with van der Waals surface area (Å²) in [5, 5.41) is 2.75. The van der Waals surface area contributed by atoms with Crippen molar-refractivity contribution < 1.29 is 18.7 Å². The van der Waals surface area contributed by atoms with Crippen LogP contribution in [0.2, 0.25) is 0 Å². The van der Waals surface area contributed by atoms with Gasteiger partial charge in [0.2, 0.25) is 0 Å². The van der Waals surface area contributed by atoms with Crippen LogP contribution in [0.15, 0.2) is 75.9 Å². The average Bonchev–Trinajstić information content (AvgIpc) is 2.71. The van der Waals surface area contributed by atoms with E-state index in [0.29, 0.717) is 11.1 Å². The molecule has 146 valence electrons. The predicted octanol–water partition coefficient (Wildman–Crippen LogP) is 4.77. The monoisotopic (exact) mass is 388 g/mol. The normalized spacial score (nSPS) is 10.9. The molecule has 0 unspecified atom stereocenters. The van der Waals surface area contributed by atoms with Crippen LogP contribution in [0.4, 0.5) is 0 Å². The van der Waals surface area contributed by atoms with Crippen molar-refractivity contribution >= 4 is 27.7 Å². The lowest BCUT2D eigenvalue weighted by Gasteiger charge is -2.10. The number of fused-ring (bicyclic) bond motifs is 3. The number of aryl methyl sites for hydroxylation is 1. The Kier molecular flexibility index (Phi) is 5.29. The SMILES string of the molecule is Cc1cccc(OCCC(=O)OCc2cc(=O)oc3ccc4ccccc4c23)c1. The summed E-state index contributed by atoms with van der Waals surface area (Å²) in [6.45, 7) is 2.20. The summed E-state index contributed by atoms with van der Waals surface area (Å²) in [5.41, 5.74) is 1.72. The van der Waals surface area contributed by atoms with Gasteiger partial charge in [0.05, 0.1) is 13.0 Å². The molecule has 3 aromatic carbocycles. The van der Waals surface area contributed by atoms with Gasteiger partial charge in [-0.25, -0.2) is 4.79 Å². The van der Waals surface area contributed by atoms with E-state index in [1.165, 1.54) is 6.07 Å². The van der Waals surface area contributed by atoms with Crippen LogP contribution in [-0.4, -0.2) is 12.6 Å². The molecule has 0 aliphatic heterocycles. The van der Waals surface area contributed by atoms with Crippen molar-refractivity contribution in [2.45, 2.75) is 20.0 Å². The van der Waals surface area contributed by atoms with Gasteiger partial charge in [0.15, 0.2) is 0 Å². The Labute approximate surface area is 167 Å². The molecule has 0 bridgehead atoms. The molecule has 0 spiro atoms. The minimum Gasteiger partial charge on any atom is -0.493 e. The number of rotatable bonds is 6. The number of ether oxygens (including phenoxy) is 2. The lowest BCUT2D eigenvalue weighted by molar-refractivity contribution is -0.145. The van der Waals surface area contributed by atoms with Crippen LogP contribution < -0.4 is 10.4 Å². The Morgan fingerprint density at radius 2 is 1.86 bits per heavy atom. The molecule has 0 radical (unpaired) electrons. The number of benzene rings is 3. The molecule has 0 fully saturated rings. The summed E-state index contributed by atoms with van der Waals surface area (Å²) in [6.07, 6.45) is 0.119. The molecular weight excluding hydrogens is 368 g/mol. The van der Waals surface area contributed by atoms with Crippen molar-refractivity contribution in [3.63, 3.8) is 0 Å². The number of hydrogen-bond donors (Lipinski definition) is 0. The van der Waals surface area contributed by atoms with Crippen LogP contribution in [-0.2, 0) is 16.1 Å². The Hall–Kier alpha value is -3.60. The Morgan fingerprint density at radius 1 is 1.00 bits per heavy atom. The minimum atomic E-state index is -0.471. The topological polar surface area (TPSA) is 65.7 Å². The third kappa shape index (κ3) is 4.29. The maximum absolute atomic E-state index is 12.2. The van der Waals surface area contributed by atoms with E-state index in [9.17, 15) is 9.59 Å². The molecule has 1 aromatic heterocycles. The molecular formula is C24H20O5. The Balaban J connectivity index is 1.47. The largest absolute Gasteiger partial charge is 0.493 e. The summed E-state index contributed by atoms with van der Waals surface area (Å²) in [4.78, 5) is 24.1. The highest BCUT2D eigenvalue weighted by atomic mass is 16.5. The van der Waals surface area contributed by atoms with Gasteiger partial charge in [0, 0.05) is 17.0 Å². The molecule has 0 amide bonds. The summed E-state index contributed by atoms with van der Waals surface area (Å²) >= 11 is 0. The first-order chi connectivity index (χ1) is 14.1. The molecule has 4 rings (SSSR count). The van der Waals surface area contributed by atoms with E-state index >= 15 is 0 Å². The fourth-order valence-electron chi connectivity index (χ4n) is 3.32. The minimum absolute atomic E-state index is 0.000609. The highest BCUT2D eigenvalue weighted by Gasteiger charge is 2.12. The molecule has 4 aromatic rings. The van der Waals surface area contributed by atoms with Gasteiger partial charge < -0.3 is 13.9 Å². The molecule has 5 heteroatoms. The zero-order valence-electron chi connectivity index (χ0n) is 16.0. The van der Waals surface area contributed by atoms with E-state index in [-0.39, 0.29) is 25.6 Å². The van der Waals surface area contributed by atoms with Crippen molar-refractivity contribution in [3.8, 4) is 5.75 Å². The molecule has 29 heavy (non-hydrogen) atoms. The lowest BCUT2D eigenvalue weighted by atomic mass is 10.0. The molecule has 1 heterocycles. The zero-order chi connectivity index (χ0) is 20.2. The molecule has 0 atom stereocenters. The second-order valence-electron chi connectivity index (χ2n) is 6.83. The number of carbonyl (C=O) groups is 1. The van der Waals surface area contributed by atoms with Gasteiger partial charge in [-0.05, 0) is 41.5 Å². The van der Waals surface area contributed by atoms with Crippen molar-refractivity contribution in [1.29, 1.82) is 0 Å². The van der Waals surface area contributed by atoms with E-state index in [1.807, 2.05) is 61.5 Å². The van der Waals surface area contributed by atoms with Gasteiger partial charge in [0.25, 0.3) is 0 Å². The number of carbonyl (C=O) groups excluding carboxylic acids is 1. The van der Waals surface area contributed by atoms with E-state index in [2.05, 4.69) is 0 Å². The van der Waals surface area contributed by atoms with Gasteiger partial charge in [0.1, 0.15) is 17.9 Å². The van der Waals surface area contributed by atoms with Gasteiger partial charge in [-0.2, -0.15) is 0 Å². The quantitative estimate of drug-likeness (QED) is 0.270. The number of hydrogen-bond acceptors (Lipinski definition) is 5. The van der Waals surface area contributed by atoms with Crippen LogP contribution in [0.25, 0.3) is 21.7 Å². The van der Waals surface area contributed by atoms with Crippen LogP contribution >= 0.6 is 0 Å². The maximum atomic E-state index is 12.2. The van der Waals surface area contributed by atoms with Crippen LogP contribution in [0.1, 0.15) is 17.5 Å². The van der Waals surface area contributed by atoms with E-state index in [0.717, 1.165) is 27.5 Å². The first-order valence-electron chi connectivity index (χ1n) is 9.40. The van der Waals surface area contributed by atoms with Gasteiger partial charge in [-0.1, -0.05) is 42.5 Å². The highest BCUT2D eigenvalue weighted by Crippen LogP contribution is 2.27. The Bertz CT molecular complexity index is 1240. The van der Waals surface area contributed by atoms with E-state index < -0.39 is 5.63 Å². The van der Waals surface area contributed by atoms with Crippen molar-refractivity contribution in [2.75, 3.05) is 6.61 Å². The second kappa shape index (κ2) is 8.19. The number of esters is 1. The second-order valence-corrected chi connectivity index (χ2v) is 6.83. The standard InChI is InChI=1S/C24H20O5/c1-16-5-4-7-19(13-16)27-12-11-22(25)28-15-18-14-23(26)29-21-10-9-17-6-2-3-8-20(17)24(18)21/h2-10,13-14H,11-12,15H2,1H3. The molecule has 0 aliphatic rings. The third-order valence-corrected chi connectivity index (χ3v) is 4.67. The summed E-state index contributed by atoms with van der Waals surface area (Å²) < 4.78 is 16.3. The van der Waals surface area contributed by atoms with Crippen LogP contribution in [0.5, 0.6) is 5.75 Å². The maximum Gasteiger partial charge on any atom is 0.336 e. The van der Waals surface area contributed by atoms with E-state index in [4.69, 9.17) is 13.9 Å². The molecule has 0 N–H and O–H groups in total. The van der Waals surface area contributed by atoms with Crippen molar-refractivity contribution in [2.24, 2.45) is 0 Å². The van der Waals surface area contributed by atoms with Gasteiger partial charge >= 0.3 is 11.6 Å². The molecule has 0 saturated carbocycles. The summed E-state index contributed by atoms with van der Waals surface area (Å²) in [6, 6.07) is 20.5. The molecule has 0 saturated heterocycles. The smallest absolute Gasteiger partial charge is 0.336 e. The van der Waals surface area contributed by atoms with Crippen LogP contribution in [0.3, 0.4) is 0 Å². The third-order valence-electron chi connectivity index (χ3n) is 4.67. The molecule has 0 aliphatic carbocycles.